The van der Waals surface area contributed by atoms with Gasteiger partial charge in [0.05, 0.1) is 26.3 Å². The first kappa shape index (κ1) is 12.0. The third-order valence-corrected chi connectivity index (χ3v) is 4.91. The van der Waals surface area contributed by atoms with E-state index in [-0.39, 0.29) is 5.56 Å². The maximum absolute atomic E-state index is 11.9. The summed E-state index contributed by atoms with van der Waals surface area (Å²) in [5, 5.41) is 10.6. The number of carboxylic acids is 1. The van der Waals surface area contributed by atoms with Crippen LogP contribution in [0.4, 0.5) is 0 Å². The van der Waals surface area contributed by atoms with Crippen molar-refractivity contribution >= 4 is 28.1 Å². The Morgan fingerprint density at radius 2 is 1.94 bits per heavy atom. The monoisotopic (exact) mass is 266 g/mol. The molecule has 1 aromatic heterocycles. The van der Waals surface area contributed by atoms with Crippen LogP contribution in [-0.2, 0) is 16.6 Å². The molecule has 0 bridgehead atoms. The minimum atomic E-state index is -1.05. The highest BCUT2D eigenvalue weighted by molar-refractivity contribution is 7.86. The number of carboxylic acid groups (broad SMARTS) is 1. The molecule has 0 spiro atoms. The van der Waals surface area contributed by atoms with Crippen molar-refractivity contribution in [3.63, 3.8) is 0 Å². The van der Waals surface area contributed by atoms with E-state index >= 15 is 0 Å². The third-order valence-electron chi connectivity index (χ3n) is 2.22. The summed E-state index contributed by atoms with van der Waals surface area (Å²) >= 11 is 1.46. The van der Waals surface area contributed by atoms with Crippen LogP contribution >= 0.6 is 11.3 Å². The zero-order valence-electron chi connectivity index (χ0n) is 8.83. The second-order valence-corrected chi connectivity index (χ2v) is 6.05. The van der Waals surface area contributed by atoms with Gasteiger partial charge < -0.3 is 5.11 Å². The minimum absolute atomic E-state index is 0.246. The highest BCUT2D eigenvalue weighted by Crippen LogP contribution is 2.17. The normalized spacial score (nSPS) is 12.2. The van der Waals surface area contributed by atoms with E-state index in [2.05, 4.69) is 0 Å². The highest BCUT2D eigenvalue weighted by atomic mass is 32.2. The first-order valence-electron chi connectivity index (χ1n) is 4.91. The lowest BCUT2D eigenvalue weighted by molar-refractivity contribution is 0.0697. The van der Waals surface area contributed by atoms with E-state index in [4.69, 9.17) is 5.11 Å². The lowest BCUT2D eigenvalue weighted by atomic mass is 10.1. The lowest BCUT2D eigenvalue weighted by Gasteiger charge is -2.01. The van der Waals surface area contributed by atoms with Crippen molar-refractivity contribution in [1.29, 1.82) is 0 Å². The summed E-state index contributed by atoms with van der Waals surface area (Å²) in [5.74, 6) is -0.531. The maximum Gasteiger partial charge on any atom is 0.335 e. The van der Waals surface area contributed by atoms with Gasteiger partial charge in [0.1, 0.15) is 0 Å². The van der Waals surface area contributed by atoms with Crippen molar-refractivity contribution in [2.45, 2.75) is 9.96 Å². The summed E-state index contributed by atoms with van der Waals surface area (Å²) in [4.78, 5) is 10.7. The van der Waals surface area contributed by atoms with Gasteiger partial charge in [-0.3, -0.25) is 4.21 Å². The average molecular weight is 266 g/mol. The SMILES string of the molecule is O=C(O)c1ccc(CS(=O)c2cccs2)cc1. The predicted octanol–water partition coefficient (Wildman–Crippen LogP) is 2.75. The Morgan fingerprint density at radius 1 is 1.24 bits per heavy atom. The third kappa shape index (κ3) is 3.01. The Hall–Kier alpha value is -1.46. The molecule has 0 aliphatic carbocycles. The summed E-state index contributed by atoms with van der Waals surface area (Å²) in [6.07, 6.45) is 0. The molecule has 5 heteroatoms. The Morgan fingerprint density at radius 3 is 2.47 bits per heavy atom. The van der Waals surface area contributed by atoms with Crippen molar-refractivity contribution in [2.24, 2.45) is 0 Å². The van der Waals surface area contributed by atoms with E-state index in [9.17, 15) is 9.00 Å². The topological polar surface area (TPSA) is 54.4 Å². The van der Waals surface area contributed by atoms with Crippen LogP contribution in [0.2, 0.25) is 0 Å². The first-order valence-corrected chi connectivity index (χ1v) is 7.11. The fraction of sp³-hybridized carbons (Fsp3) is 0.0833. The molecule has 1 N–H and O–H groups in total. The first-order chi connectivity index (χ1) is 8.16. The molecule has 0 fully saturated rings. The summed E-state index contributed by atoms with van der Waals surface area (Å²) in [6, 6.07) is 10.2. The fourth-order valence-corrected chi connectivity index (χ4v) is 3.45. The van der Waals surface area contributed by atoms with E-state index in [0.717, 1.165) is 9.77 Å². The molecule has 0 amide bonds. The van der Waals surface area contributed by atoms with Gasteiger partial charge in [0, 0.05) is 0 Å². The molecule has 88 valence electrons. The molecule has 0 radical (unpaired) electrons. The van der Waals surface area contributed by atoms with Crippen LogP contribution in [-0.4, -0.2) is 15.3 Å². The van der Waals surface area contributed by atoms with E-state index in [1.807, 2.05) is 17.5 Å². The maximum atomic E-state index is 11.9. The molecule has 0 saturated carbocycles. The molecular weight excluding hydrogens is 256 g/mol. The predicted molar refractivity (Wildman–Crippen MR) is 67.8 cm³/mol. The van der Waals surface area contributed by atoms with Gasteiger partial charge in [0.25, 0.3) is 0 Å². The van der Waals surface area contributed by atoms with Gasteiger partial charge >= 0.3 is 5.97 Å². The second kappa shape index (κ2) is 5.25. The van der Waals surface area contributed by atoms with Gasteiger partial charge in [-0.25, -0.2) is 4.79 Å². The largest absolute Gasteiger partial charge is 0.478 e. The van der Waals surface area contributed by atoms with Gasteiger partial charge in [-0.1, -0.05) is 18.2 Å². The molecule has 1 unspecified atom stereocenters. The number of aromatic carboxylic acids is 1. The van der Waals surface area contributed by atoms with E-state index in [0.29, 0.717) is 5.75 Å². The molecule has 1 atom stereocenters. The fourth-order valence-electron chi connectivity index (χ4n) is 1.36. The van der Waals surface area contributed by atoms with Gasteiger partial charge in [0.2, 0.25) is 0 Å². The highest BCUT2D eigenvalue weighted by Gasteiger charge is 2.07. The smallest absolute Gasteiger partial charge is 0.335 e. The van der Waals surface area contributed by atoms with Crippen LogP contribution in [0.25, 0.3) is 0 Å². The van der Waals surface area contributed by atoms with Gasteiger partial charge in [-0.05, 0) is 29.1 Å². The minimum Gasteiger partial charge on any atom is -0.478 e. The van der Waals surface area contributed by atoms with Crippen molar-refractivity contribution in [3.8, 4) is 0 Å². The van der Waals surface area contributed by atoms with Gasteiger partial charge in [-0.2, -0.15) is 0 Å². The summed E-state index contributed by atoms with van der Waals surface area (Å²) in [7, 11) is -1.05. The van der Waals surface area contributed by atoms with Crippen LogP contribution in [0.5, 0.6) is 0 Å². The lowest BCUT2D eigenvalue weighted by Crippen LogP contribution is -1.98. The van der Waals surface area contributed by atoms with E-state index in [1.165, 1.54) is 23.5 Å². The van der Waals surface area contributed by atoms with Crippen molar-refractivity contribution in [3.05, 3.63) is 52.9 Å². The molecule has 17 heavy (non-hydrogen) atoms. The zero-order valence-corrected chi connectivity index (χ0v) is 10.5. The molecular formula is C12H10O3S2. The Balaban J connectivity index is 2.09. The average Bonchev–Trinajstić information content (AvgIpc) is 2.83. The van der Waals surface area contributed by atoms with Gasteiger partial charge in [-0.15, -0.1) is 11.3 Å². The molecule has 2 rings (SSSR count). The van der Waals surface area contributed by atoms with Crippen molar-refractivity contribution < 1.29 is 14.1 Å². The number of carbonyl (C=O) groups is 1. The van der Waals surface area contributed by atoms with Gasteiger partial charge in [0.15, 0.2) is 0 Å². The van der Waals surface area contributed by atoms with Crippen molar-refractivity contribution in [2.75, 3.05) is 0 Å². The molecule has 1 heterocycles. The zero-order chi connectivity index (χ0) is 12.3. The van der Waals surface area contributed by atoms with Crippen molar-refractivity contribution in [1.82, 2.24) is 0 Å². The van der Waals surface area contributed by atoms with Crippen LogP contribution < -0.4 is 0 Å². The number of rotatable bonds is 4. The summed E-state index contributed by atoms with van der Waals surface area (Å²) in [6.45, 7) is 0. The van der Waals surface area contributed by atoms with Crippen LogP contribution in [0.15, 0.2) is 46.0 Å². The summed E-state index contributed by atoms with van der Waals surface area (Å²) < 4.78 is 12.7. The van der Waals surface area contributed by atoms with Crippen LogP contribution in [0.3, 0.4) is 0 Å². The molecule has 2 aromatic rings. The Kier molecular flexibility index (Phi) is 3.71. The number of benzene rings is 1. The molecule has 3 nitrogen and oxygen atoms in total. The number of hydrogen-bond donors (Lipinski definition) is 1. The second-order valence-electron chi connectivity index (χ2n) is 3.42. The Labute approximate surface area is 105 Å². The number of thiophene rings is 1. The standard InChI is InChI=1S/C12H10O3S2/c13-12(14)10-5-3-9(4-6-10)8-17(15)11-2-1-7-16-11/h1-7H,8H2,(H,13,14). The quantitative estimate of drug-likeness (QED) is 0.925. The van der Waals surface area contributed by atoms with E-state index < -0.39 is 16.8 Å². The van der Waals surface area contributed by atoms with E-state index in [1.54, 1.807) is 12.1 Å². The molecule has 0 aliphatic heterocycles. The van der Waals surface area contributed by atoms with Crippen LogP contribution in [0, 0.1) is 0 Å². The molecule has 0 aliphatic rings. The summed E-state index contributed by atoms with van der Waals surface area (Å²) in [5.41, 5.74) is 1.12. The molecule has 0 saturated heterocycles. The Bertz CT molecular complexity index is 529. The number of hydrogen-bond acceptors (Lipinski definition) is 3. The molecule has 1 aromatic carbocycles. The van der Waals surface area contributed by atoms with Crippen LogP contribution in [0.1, 0.15) is 15.9 Å².